The Morgan fingerprint density at radius 2 is 1.36 bits per heavy atom. The van der Waals surface area contributed by atoms with E-state index >= 15 is 0 Å². The van der Waals surface area contributed by atoms with Crippen molar-refractivity contribution in [1.29, 1.82) is 0 Å². The Labute approximate surface area is 270 Å². The number of aromatic nitrogens is 4. The third-order valence-electron chi connectivity index (χ3n) is 7.55. The summed E-state index contributed by atoms with van der Waals surface area (Å²) in [6.07, 6.45) is -3.78. The maximum atomic E-state index is 14.4. The molecule has 1 fully saturated rings. The van der Waals surface area contributed by atoms with E-state index in [2.05, 4.69) is 46.9 Å². The number of hydrogen-bond acceptors (Lipinski definition) is 10. The zero-order chi connectivity index (χ0) is 31.9. The molecule has 1 saturated heterocycles. The fraction of sp³-hybridized carbons (Fsp3) is 0.161. The molecule has 0 spiro atoms. The molecule has 0 radical (unpaired) electrons. The molecule has 3 aromatic carbocycles. The number of nitrogens with one attached hydrogen (secondary N) is 1. The van der Waals surface area contributed by atoms with Crippen molar-refractivity contribution in [3.63, 3.8) is 0 Å². The second-order valence-electron chi connectivity index (χ2n) is 10.2. The second-order valence-corrected chi connectivity index (χ2v) is 11.7. The molecule has 1 aliphatic heterocycles. The third kappa shape index (κ3) is 5.04. The highest BCUT2D eigenvalue weighted by Gasteiger charge is 2.74. The molecule has 12 nitrogen and oxygen atoms in total. The first-order chi connectivity index (χ1) is 21.6. The standard InChI is InChI=1S/C31H22Br2N4O8/c32-24-21-25(34-29(33)35-26(21)40)37(36-24)28-31(43,23(39)18-12-6-2-7-13-18)30(42,22(38)17-10-4-1-5-11-17)20(45-28)16-44-27(41)19-14-8-3-9-15-19/h1-15,20,28,42-43H,16H2,(H,34,35,40)/t20-,28-,30+,31+/m0/s1. The topological polar surface area (TPSA) is 174 Å². The summed E-state index contributed by atoms with van der Waals surface area (Å²) >= 11 is 6.34. The first-order valence-electron chi connectivity index (χ1n) is 13.4. The van der Waals surface area contributed by atoms with E-state index in [4.69, 9.17) is 9.47 Å². The molecule has 45 heavy (non-hydrogen) atoms. The SMILES string of the molecule is O=C(OC[C@@H]1O[C@H](n2nc(Br)c3c(=O)[nH]c(Br)nc32)[C@](O)(C(=O)c2ccccc2)[C@]1(O)C(=O)c1ccccc1)c1ccccc1. The Morgan fingerprint density at radius 3 is 1.91 bits per heavy atom. The minimum absolute atomic E-state index is 0.00598. The van der Waals surface area contributed by atoms with E-state index < -0.39 is 53.2 Å². The summed E-state index contributed by atoms with van der Waals surface area (Å²) in [5.74, 6) is -2.99. The van der Waals surface area contributed by atoms with Crippen molar-refractivity contribution in [2.75, 3.05) is 6.61 Å². The van der Waals surface area contributed by atoms with Gasteiger partial charge < -0.3 is 24.7 Å². The Balaban J connectivity index is 1.57. The van der Waals surface area contributed by atoms with Crippen LogP contribution in [0.1, 0.15) is 37.3 Å². The van der Waals surface area contributed by atoms with Crippen molar-refractivity contribution in [2.24, 2.45) is 0 Å². The maximum Gasteiger partial charge on any atom is 0.338 e. The van der Waals surface area contributed by atoms with Gasteiger partial charge in [0, 0.05) is 11.1 Å². The molecule has 0 bridgehead atoms. The normalized spacial score (nSPS) is 22.8. The van der Waals surface area contributed by atoms with Gasteiger partial charge in [-0.15, -0.1) is 0 Å². The number of fused-ring (bicyclic) bond motifs is 1. The highest BCUT2D eigenvalue weighted by molar-refractivity contribution is 9.10. The molecule has 228 valence electrons. The van der Waals surface area contributed by atoms with Crippen LogP contribution in [-0.4, -0.2) is 71.4 Å². The lowest BCUT2D eigenvalue weighted by Crippen LogP contribution is -2.67. The van der Waals surface area contributed by atoms with Crippen molar-refractivity contribution in [1.82, 2.24) is 19.7 Å². The first kappa shape index (κ1) is 30.7. The van der Waals surface area contributed by atoms with Crippen LogP contribution in [0.2, 0.25) is 0 Å². The van der Waals surface area contributed by atoms with Gasteiger partial charge in [0.15, 0.2) is 22.2 Å². The minimum atomic E-state index is -3.11. The molecule has 0 unspecified atom stereocenters. The number of aliphatic hydroxyl groups is 2. The van der Waals surface area contributed by atoms with Crippen LogP contribution in [0.5, 0.6) is 0 Å². The van der Waals surface area contributed by atoms with Crippen LogP contribution in [0.25, 0.3) is 11.0 Å². The Bertz CT molecular complexity index is 1990. The van der Waals surface area contributed by atoms with E-state index in [1.54, 1.807) is 30.3 Å². The van der Waals surface area contributed by atoms with Crippen LogP contribution < -0.4 is 5.56 Å². The van der Waals surface area contributed by atoms with Gasteiger partial charge in [0.25, 0.3) is 5.56 Å². The smallest absolute Gasteiger partial charge is 0.338 e. The third-order valence-corrected chi connectivity index (χ3v) is 8.48. The van der Waals surface area contributed by atoms with Gasteiger partial charge in [-0.2, -0.15) is 5.10 Å². The summed E-state index contributed by atoms with van der Waals surface area (Å²) in [5, 5.41) is 29.4. The number of esters is 1. The number of halogens is 2. The fourth-order valence-corrected chi connectivity index (χ4v) is 6.23. The number of carbonyl (C=O) groups excluding carboxylic acids is 3. The van der Waals surface area contributed by atoms with Gasteiger partial charge in [-0.25, -0.2) is 14.5 Å². The number of ether oxygens (including phenoxy) is 2. The molecule has 3 heterocycles. The molecular weight excluding hydrogens is 716 g/mol. The molecule has 5 aromatic rings. The lowest BCUT2D eigenvalue weighted by Gasteiger charge is -2.38. The van der Waals surface area contributed by atoms with E-state index in [0.29, 0.717) is 0 Å². The van der Waals surface area contributed by atoms with E-state index in [9.17, 15) is 29.4 Å². The number of ketones is 2. The van der Waals surface area contributed by atoms with Gasteiger partial charge in [-0.3, -0.25) is 14.4 Å². The Kier molecular flexibility index (Phi) is 8.09. The number of aromatic amines is 1. The number of rotatable bonds is 8. The molecule has 1 aliphatic rings. The number of hydrogen-bond donors (Lipinski definition) is 3. The number of nitrogens with zero attached hydrogens (tertiary/aromatic N) is 3. The first-order valence-corrected chi connectivity index (χ1v) is 15.0. The molecule has 0 aliphatic carbocycles. The minimum Gasteiger partial charge on any atom is -0.459 e. The van der Waals surface area contributed by atoms with Crippen LogP contribution >= 0.6 is 31.9 Å². The lowest BCUT2D eigenvalue weighted by molar-refractivity contribution is -0.107. The molecular formula is C31H22Br2N4O8. The lowest BCUT2D eigenvalue weighted by atomic mass is 9.71. The van der Waals surface area contributed by atoms with Crippen molar-refractivity contribution in [3.8, 4) is 0 Å². The highest BCUT2D eigenvalue weighted by Crippen LogP contribution is 2.50. The zero-order valence-electron chi connectivity index (χ0n) is 23.0. The number of H-pyrrole nitrogens is 1. The van der Waals surface area contributed by atoms with Gasteiger partial charge in [0.2, 0.25) is 17.2 Å². The van der Waals surface area contributed by atoms with Crippen molar-refractivity contribution in [3.05, 3.63) is 127 Å². The molecule has 4 atom stereocenters. The second kappa shape index (κ2) is 11.9. The fourth-order valence-electron chi connectivity index (χ4n) is 5.36. The van der Waals surface area contributed by atoms with Crippen LogP contribution in [0.3, 0.4) is 0 Å². The number of carbonyl (C=O) groups is 3. The average Bonchev–Trinajstić information content (AvgIpc) is 3.51. The van der Waals surface area contributed by atoms with Gasteiger partial charge in [0.1, 0.15) is 22.7 Å². The van der Waals surface area contributed by atoms with E-state index in [-0.39, 0.29) is 37.1 Å². The van der Waals surface area contributed by atoms with Crippen molar-refractivity contribution < 1.29 is 34.1 Å². The summed E-state index contributed by atoms with van der Waals surface area (Å²) in [5.41, 5.74) is -6.91. The van der Waals surface area contributed by atoms with Crippen LogP contribution in [-0.2, 0) is 9.47 Å². The van der Waals surface area contributed by atoms with Crippen molar-refractivity contribution in [2.45, 2.75) is 23.5 Å². The molecule has 0 saturated carbocycles. The zero-order valence-corrected chi connectivity index (χ0v) is 26.1. The number of Topliss-reactive ketones (excluding diaryl/α,β-unsaturated/α-hetero) is 2. The number of benzene rings is 3. The van der Waals surface area contributed by atoms with E-state index in [1.807, 2.05) is 0 Å². The van der Waals surface area contributed by atoms with Crippen LogP contribution in [0.4, 0.5) is 0 Å². The van der Waals surface area contributed by atoms with Gasteiger partial charge in [0.05, 0.1) is 5.56 Å². The van der Waals surface area contributed by atoms with Gasteiger partial charge in [-0.1, -0.05) is 78.9 Å². The maximum absolute atomic E-state index is 14.4. The molecule has 14 heteroatoms. The quantitative estimate of drug-likeness (QED) is 0.121. The Hall–Kier alpha value is -4.34. The highest BCUT2D eigenvalue weighted by atomic mass is 79.9. The predicted molar refractivity (Wildman–Crippen MR) is 166 cm³/mol. The summed E-state index contributed by atoms with van der Waals surface area (Å²) in [6.45, 7) is -0.762. The predicted octanol–water partition coefficient (Wildman–Crippen LogP) is 3.63. The summed E-state index contributed by atoms with van der Waals surface area (Å²) in [6, 6.07) is 23.0. The van der Waals surface area contributed by atoms with Crippen LogP contribution in [0, 0.1) is 0 Å². The largest absolute Gasteiger partial charge is 0.459 e. The van der Waals surface area contributed by atoms with E-state index in [1.165, 1.54) is 60.7 Å². The molecule has 2 aromatic heterocycles. The van der Waals surface area contributed by atoms with Gasteiger partial charge in [-0.05, 0) is 44.0 Å². The summed E-state index contributed by atoms with van der Waals surface area (Å²) in [4.78, 5) is 61.2. The monoisotopic (exact) mass is 736 g/mol. The summed E-state index contributed by atoms with van der Waals surface area (Å²) < 4.78 is 12.5. The molecule has 3 N–H and O–H groups in total. The Morgan fingerprint density at radius 1 is 0.844 bits per heavy atom. The molecule has 6 rings (SSSR count). The average molecular weight is 738 g/mol. The molecule has 0 amide bonds. The van der Waals surface area contributed by atoms with Crippen molar-refractivity contribution >= 4 is 60.4 Å². The van der Waals surface area contributed by atoms with Crippen LogP contribution in [0.15, 0.2) is 105 Å². The summed E-state index contributed by atoms with van der Waals surface area (Å²) in [7, 11) is 0. The van der Waals surface area contributed by atoms with E-state index in [0.717, 1.165) is 4.68 Å². The van der Waals surface area contributed by atoms with Gasteiger partial charge >= 0.3 is 5.97 Å².